The number of esters is 2. The van der Waals surface area contributed by atoms with E-state index in [4.69, 9.17) is 18.9 Å². The van der Waals surface area contributed by atoms with Crippen molar-refractivity contribution in [3.8, 4) is 11.5 Å². The van der Waals surface area contributed by atoms with Gasteiger partial charge in [0.15, 0.2) is 0 Å². The average molecular weight is 535 g/mol. The zero-order valence-corrected chi connectivity index (χ0v) is 22.5. The number of hydrogen-bond donors (Lipinski definition) is 0. The Labute approximate surface area is 233 Å². The minimum absolute atomic E-state index is 0.111. The van der Waals surface area contributed by atoms with Gasteiger partial charge in [0.1, 0.15) is 37.9 Å². The highest BCUT2D eigenvalue weighted by atomic mass is 16.6. The van der Waals surface area contributed by atoms with Crippen LogP contribution in [0, 0.1) is 13.8 Å². The van der Waals surface area contributed by atoms with E-state index in [-0.39, 0.29) is 38.4 Å². The molecule has 202 valence electrons. The van der Waals surface area contributed by atoms with Crippen LogP contribution in [-0.4, -0.2) is 38.4 Å². The van der Waals surface area contributed by atoms with E-state index < -0.39 is 0 Å². The summed E-state index contributed by atoms with van der Waals surface area (Å²) in [5.41, 5.74) is 3.14. The Bertz CT molecular complexity index is 1520. The van der Waals surface area contributed by atoms with Gasteiger partial charge < -0.3 is 18.9 Å². The molecule has 0 amide bonds. The molecule has 0 unspecified atom stereocenters. The van der Waals surface area contributed by atoms with Gasteiger partial charge in [0.05, 0.1) is 11.1 Å². The standard InChI is InChI=1S/C34H30O6/c1-23-13-15-27-29(21-23)31(37-17-19-39-33(35)25-9-5-3-6-10-25)28-16-14-24(2)22-30(28)32(27)38-18-20-40-34(36)26-11-7-4-8-12-26/h3-16,21-22H,17-20H2,1-2H3. The summed E-state index contributed by atoms with van der Waals surface area (Å²) in [6, 6.07) is 30.0. The smallest absolute Gasteiger partial charge is 0.338 e. The average Bonchev–Trinajstić information content (AvgIpc) is 2.98. The maximum absolute atomic E-state index is 12.3. The van der Waals surface area contributed by atoms with E-state index in [2.05, 4.69) is 12.1 Å². The molecule has 0 aliphatic heterocycles. The molecule has 0 fully saturated rings. The maximum Gasteiger partial charge on any atom is 0.338 e. The summed E-state index contributed by atoms with van der Waals surface area (Å²) in [5, 5.41) is 3.55. The van der Waals surface area contributed by atoms with Gasteiger partial charge in [-0.15, -0.1) is 0 Å². The molecule has 0 spiro atoms. The number of carbonyl (C=O) groups is 2. The second kappa shape index (κ2) is 12.3. The van der Waals surface area contributed by atoms with E-state index in [1.54, 1.807) is 48.5 Å². The summed E-state index contributed by atoms with van der Waals surface area (Å²) in [5.74, 6) is 0.629. The number of benzene rings is 5. The Hall–Kier alpha value is -4.84. The molecule has 0 aromatic heterocycles. The third-order valence-electron chi connectivity index (χ3n) is 6.47. The van der Waals surface area contributed by atoms with Crippen molar-refractivity contribution in [2.75, 3.05) is 26.4 Å². The lowest BCUT2D eigenvalue weighted by Crippen LogP contribution is -2.13. The fourth-order valence-electron chi connectivity index (χ4n) is 4.56. The third kappa shape index (κ3) is 6.07. The molecule has 6 nitrogen and oxygen atoms in total. The topological polar surface area (TPSA) is 71.1 Å². The first kappa shape index (κ1) is 26.8. The Morgan fingerprint density at radius 3 is 1.30 bits per heavy atom. The quantitative estimate of drug-likeness (QED) is 0.108. The molecular weight excluding hydrogens is 504 g/mol. The monoisotopic (exact) mass is 534 g/mol. The molecule has 0 saturated heterocycles. The maximum atomic E-state index is 12.3. The van der Waals surface area contributed by atoms with Crippen LogP contribution in [0.5, 0.6) is 11.5 Å². The molecule has 6 heteroatoms. The Morgan fingerprint density at radius 2 is 0.900 bits per heavy atom. The Balaban J connectivity index is 1.37. The molecule has 0 aliphatic carbocycles. The highest BCUT2D eigenvalue weighted by molar-refractivity contribution is 6.11. The van der Waals surface area contributed by atoms with Gasteiger partial charge in [-0.2, -0.15) is 0 Å². The molecule has 0 saturated carbocycles. The second-order valence-electron chi connectivity index (χ2n) is 9.46. The molecule has 0 heterocycles. The molecule has 0 aliphatic rings. The summed E-state index contributed by atoms with van der Waals surface area (Å²) in [7, 11) is 0. The Kier molecular flexibility index (Phi) is 8.26. The lowest BCUT2D eigenvalue weighted by atomic mass is 9.98. The molecule has 5 rings (SSSR count). The molecule has 0 radical (unpaired) electrons. The zero-order chi connectivity index (χ0) is 27.9. The molecule has 0 atom stereocenters. The number of carbonyl (C=O) groups excluding carboxylic acids is 2. The predicted octanol–water partition coefficient (Wildman–Crippen LogP) is 7.08. The van der Waals surface area contributed by atoms with E-state index in [9.17, 15) is 9.59 Å². The molecule has 0 N–H and O–H groups in total. The largest absolute Gasteiger partial charge is 0.489 e. The van der Waals surface area contributed by atoms with Crippen molar-refractivity contribution in [2.45, 2.75) is 13.8 Å². The van der Waals surface area contributed by atoms with Crippen LogP contribution in [0.3, 0.4) is 0 Å². The lowest BCUT2D eigenvalue weighted by Gasteiger charge is -2.19. The fraction of sp³-hybridized carbons (Fsp3) is 0.176. The van der Waals surface area contributed by atoms with Crippen molar-refractivity contribution < 1.29 is 28.5 Å². The molecule has 5 aromatic carbocycles. The van der Waals surface area contributed by atoms with Crippen molar-refractivity contribution in [1.29, 1.82) is 0 Å². The van der Waals surface area contributed by atoms with Gasteiger partial charge in [-0.25, -0.2) is 9.59 Å². The van der Waals surface area contributed by atoms with Gasteiger partial charge in [-0.05, 0) is 50.2 Å². The van der Waals surface area contributed by atoms with Gasteiger partial charge in [-0.1, -0.05) is 71.8 Å². The second-order valence-corrected chi connectivity index (χ2v) is 9.46. The summed E-state index contributed by atoms with van der Waals surface area (Å²) in [6.45, 7) is 4.65. The van der Waals surface area contributed by atoms with Crippen molar-refractivity contribution in [3.63, 3.8) is 0 Å². The fourth-order valence-corrected chi connectivity index (χ4v) is 4.56. The van der Waals surface area contributed by atoms with E-state index in [0.29, 0.717) is 22.6 Å². The van der Waals surface area contributed by atoms with Crippen molar-refractivity contribution >= 4 is 33.5 Å². The SMILES string of the molecule is Cc1ccc2c(OCCOC(=O)c3ccccc3)c3cc(C)ccc3c(OCCOC(=O)c3ccccc3)c2c1. The molecule has 5 aromatic rings. The number of fused-ring (bicyclic) bond motifs is 2. The van der Waals surface area contributed by atoms with Crippen molar-refractivity contribution in [3.05, 3.63) is 119 Å². The molecule has 0 bridgehead atoms. The van der Waals surface area contributed by atoms with Crippen LogP contribution in [0.2, 0.25) is 0 Å². The van der Waals surface area contributed by atoms with Crippen LogP contribution in [-0.2, 0) is 9.47 Å². The summed E-state index contributed by atoms with van der Waals surface area (Å²) in [6.07, 6.45) is 0. The van der Waals surface area contributed by atoms with Gasteiger partial charge >= 0.3 is 11.9 Å². The minimum atomic E-state index is -0.387. The van der Waals surface area contributed by atoms with E-state index >= 15 is 0 Å². The first-order valence-electron chi connectivity index (χ1n) is 13.2. The predicted molar refractivity (Wildman–Crippen MR) is 155 cm³/mol. The molecular formula is C34H30O6. The van der Waals surface area contributed by atoms with Gasteiger partial charge in [-0.3, -0.25) is 0 Å². The zero-order valence-electron chi connectivity index (χ0n) is 22.5. The Morgan fingerprint density at radius 1 is 0.500 bits per heavy atom. The first-order chi connectivity index (χ1) is 19.5. The normalized spacial score (nSPS) is 10.8. The van der Waals surface area contributed by atoms with E-state index in [0.717, 1.165) is 32.7 Å². The number of rotatable bonds is 10. The highest BCUT2D eigenvalue weighted by Crippen LogP contribution is 2.43. The minimum Gasteiger partial charge on any atom is -0.489 e. The van der Waals surface area contributed by atoms with Crippen LogP contribution in [0.15, 0.2) is 97.1 Å². The van der Waals surface area contributed by atoms with Crippen LogP contribution < -0.4 is 9.47 Å². The number of aryl methyl sites for hydroxylation is 2. The first-order valence-corrected chi connectivity index (χ1v) is 13.2. The van der Waals surface area contributed by atoms with Gasteiger partial charge in [0.2, 0.25) is 0 Å². The number of ether oxygens (including phenoxy) is 4. The van der Waals surface area contributed by atoms with Crippen LogP contribution in [0.25, 0.3) is 21.5 Å². The highest BCUT2D eigenvalue weighted by Gasteiger charge is 2.18. The summed E-state index contributed by atoms with van der Waals surface area (Å²) >= 11 is 0. The van der Waals surface area contributed by atoms with Crippen molar-refractivity contribution in [2.24, 2.45) is 0 Å². The summed E-state index contributed by atoms with van der Waals surface area (Å²) in [4.78, 5) is 24.7. The van der Waals surface area contributed by atoms with Crippen LogP contribution >= 0.6 is 0 Å². The van der Waals surface area contributed by atoms with E-state index in [1.165, 1.54) is 0 Å². The summed E-state index contributed by atoms with van der Waals surface area (Å²) < 4.78 is 23.4. The van der Waals surface area contributed by atoms with E-state index in [1.807, 2.05) is 50.2 Å². The van der Waals surface area contributed by atoms with Gasteiger partial charge in [0.25, 0.3) is 0 Å². The lowest BCUT2D eigenvalue weighted by molar-refractivity contribution is 0.0443. The number of hydrogen-bond acceptors (Lipinski definition) is 6. The third-order valence-corrected chi connectivity index (χ3v) is 6.47. The molecule has 40 heavy (non-hydrogen) atoms. The van der Waals surface area contributed by atoms with Gasteiger partial charge in [0, 0.05) is 21.5 Å². The van der Waals surface area contributed by atoms with Crippen LogP contribution in [0.1, 0.15) is 31.8 Å². The van der Waals surface area contributed by atoms with Crippen LogP contribution in [0.4, 0.5) is 0 Å². The van der Waals surface area contributed by atoms with Crippen molar-refractivity contribution in [1.82, 2.24) is 0 Å².